The minimum absolute atomic E-state index is 0.00593. The lowest BCUT2D eigenvalue weighted by atomic mass is 9.93. The third kappa shape index (κ3) is 5.50. The van der Waals surface area contributed by atoms with Gasteiger partial charge in [0.25, 0.3) is 5.91 Å². The highest BCUT2D eigenvalue weighted by atomic mass is 32.1. The summed E-state index contributed by atoms with van der Waals surface area (Å²) < 4.78 is 0. The fraction of sp³-hybridized carbons (Fsp3) is 0.583. The fourth-order valence-electron chi connectivity index (χ4n) is 4.65. The molecule has 1 atom stereocenters. The van der Waals surface area contributed by atoms with E-state index in [1.165, 1.54) is 43.4 Å². The Hall–Kier alpha value is -2.28. The average molecular weight is 441 g/mol. The molecule has 1 unspecified atom stereocenters. The lowest BCUT2D eigenvalue weighted by Crippen LogP contribution is -2.47. The van der Waals surface area contributed by atoms with E-state index in [-0.39, 0.29) is 17.7 Å². The minimum atomic E-state index is -0.117. The summed E-state index contributed by atoms with van der Waals surface area (Å²) in [6.07, 6.45) is 13.6. The maximum Gasteiger partial charge on any atom is 0.265 e. The van der Waals surface area contributed by atoms with Crippen molar-refractivity contribution in [3.8, 4) is 10.6 Å². The van der Waals surface area contributed by atoms with Gasteiger partial charge in [-0.2, -0.15) is 0 Å². The number of amides is 2. The first-order valence-corrected chi connectivity index (χ1v) is 12.4. The van der Waals surface area contributed by atoms with Crippen molar-refractivity contribution in [1.29, 1.82) is 0 Å². The van der Waals surface area contributed by atoms with Gasteiger partial charge >= 0.3 is 0 Å². The molecule has 3 heterocycles. The molecule has 2 aromatic heterocycles. The van der Waals surface area contributed by atoms with Crippen LogP contribution < -0.4 is 5.32 Å². The summed E-state index contributed by atoms with van der Waals surface area (Å²) in [5.74, 6) is 0.00269. The van der Waals surface area contributed by atoms with Crippen LogP contribution in [0.1, 0.15) is 73.2 Å². The number of piperidine rings is 1. The predicted molar refractivity (Wildman–Crippen MR) is 123 cm³/mol. The van der Waals surface area contributed by atoms with E-state index in [0.717, 1.165) is 41.9 Å². The highest BCUT2D eigenvalue weighted by molar-refractivity contribution is 7.17. The van der Waals surface area contributed by atoms with Crippen LogP contribution in [0.25, 0.3) is 10.6 Å². The first-order valence-electron chi connectivity index (χ1n) is 11.6. The number of carbonyl (C=O) groups excluding carboxylic acids is 2. The second-order valence-electron chi connectivity index (χ2n) is 8.82. The van der Waals surface area contributed by atoms with Gasteiger partial charge in [-0.3, -0.25) is 14.6 Å². The average Bonchev–Trinajstić information content (AvgIpc) is 3.17. The molecule has 2 fully saturated rings. The molecule has 2 aliphatic rings. The maximum atomic E-state index is 13.3. The van der Waals surface area contributed by atoms with Crippen molar-refractivity contribution in [2.24, 2.45) is 5.92 Å². The summed E-state index contributed by atoms with van der Waals surface area (Å²) in [7, 11) is 0. The van der Waals surface area contributed by atoms with Gasteiger partial charge in [0, 0.05) is 37.1 Å². The summed E-state index contributed by atoms with van der Waals surface area (Å²) in [4.78, 5) is 37.5. The van der Waals surface area contributed by atoms with E-state index >= 15 is 0 Å². The molecule has 31 heavy (non-hydrogen) atoms. The molecule has 166 valence electrons. The molecular formula is C24H32N4O2S. The summed E-state index contributed by atoms with van der Waals surface area (Å²) in [6, 6.07) is 4.12. The van der Waals surface area contributed by atoms with Crippen LogP contribution in [0.3, 0.4) is 0 Å². The highest BCUT2D eigenvalue weighted by Gasteiger charge is 2.31. The van der Waals surface area contributed by atoms with Crippen LogP contribution in [0.4, 0.5) is 0 Å². The Morgan fingerprint density at radius 1 is 1.10 bits per heavy atom. The van der Waals surface area contributed by atoms with Crippen LogP contribution in [-0.4, -0.2) is 45.8 Å². The molecular weight excluding hydrogens is 408 g/mol. The van der Waals surface area contributed by atoms with E-state index in [4.69, 9.17) is 0 Å². The number of pyridine rings is 1. The van der Waals surface area contributed by atoms with E-state index < -0.39 is 0 Å². The third-order valence-electron chi connectivity index (χ3n) is 6.43. The number of nitrogens with one attached hydrogen (secondary N) is 1. The zero-order valence-electron chi connectivity index (χ0n) is 18.3. The molecule has 4 rings (SSSR count). The molecule has 2 amide bonds. The highest BCUT2D eigenvalue weighted by Crippen LogP contribution is 2.29. The number of aryl methyl sites for hydroxylation is 1. The molecule has 6 nitrogen and oxygen atoms in total. The fourth-order valence-corrected chi connectivity index (χ4v) is 5.67. The summed E-state index contributed by atoms with van der Waals surface area (Å²) >= 11 is 1.41. The van der Waals surface area contributed by atoms with Crippen LogP contribution in [0.15, 0.2) is 24.5 Å². The largest absolute Gasteiger partial charge is 0.353 e. The zero-order valence-corrected chi connectivity index (χ0v) is 19.1. The monoisotopic (exact) mass is 440 g/mol. The Morgan fingerprint density at radius 3 is 2.61 bits per heavy atom. The first-order chi connectivity index (χ1) is 15.1. The second kappa shape index (κ2) is 10.4. The summed E-state index contributed by atoms with van der Waals surface area (Å²) in [5.41, 5.74) is 1.67. The zero-order chi connectivity index (χ0) is 21.6. The van der Waals surface area contributed by atoms with Crippen molar-refractivity contribution in [2.75, 3.05) is 13.1 Å². The molecule has 1 saturated carbocycles. The number of carbonyl (C=O) groups is 2. The van der Waals surface area contributed by atoms with Crippen LogP contribution in [0.5, 0.6) is 0 Å². The van der Waals surface area contributed by atoms with Crippen LogP contribution in [0, 0.1) is 12.8 Å². The van der Waals surface area contributed by atoms with Crippen molar-refractivity contribution in [1.82, 2.24) is 20.2 Å². The van der Waals surface area contributed by atoms with Gasteiger partial charge in [0.1, 0.15) is 9.88 Å². The van der Waals surface area contributed by atoms with Gasteiger partial charge in [0.05, 0.1) is 11.6 Å². The predicted octanol–water partition coefficient (Wildman–Crippen LogP) is 4.59. The number of nitrogens with zero attached hydrogens (tertiary/aromatic N) is 3. The van der Waals surface area contributed by atoms with E-state index in [1.807, 2.05) is 24.0 Å². The normalized spacial score (nSPS) is 20.7. The van der Waals surface area contributed by atoms with E-state index in [9.17, 15) is 9.59 Å². The van der Waals surface area contributed by atoms with Gasteiger partial charge < -0.3 is 10.2 Å². The Morgan fingerprint density at radius 2 is 1.87 bits per heavy atom. The number of rotatable bonds is 4. The molecule has 0 aromatic carbocycles. The number of aromatic nitrogens is 2. The van der Waals surface area contributed by atoms with Gasteiger partial charge in [-0.25, -0.2) is 4.98 Å². The molecule has 2 aromatic rings. The van der Waals surface area contributed by atoms with E-state index in [1.54, 1.807) is 12.4 Å². The van der Waals surface area contributed by atoms with Crippen LogP contribution in [0.2, 0.25) is 0 Å². The number of hydrogen-bond acceptors (Lipinski definition) is 5. The minimum Gasteiger partial charge on any atom is -0.353 e. The van der Waals surface area contributed by atoms with Crippen molar-refractivity contribution in [3.63, 3.8) is 0 Å². The van der Waals surface area contributed by atoms with Crippen LogP contribution in [-0.2, 0) is 4.79 Å². The molecule has 0 spiro atoms. The van der Waals surface area contributed by atoms with Crippen molar-refractivity contribution in [2.45, 2.75) is 70.8 Å². The third-order valence-corrected chi connectivity index (χ3v) is 7.62. The number of hydrogen-bond donors (Lipinski definition) is 1. The maximum absolute atomic E-state index is 13.3. The number of thiazole rings is 1. The Bertz CT molecular complexity index is 890. The second-order valence-corrected chi connectivity index (χ2v) is 9.82. The van der Waals surface area contributed by atoms with E-state index in [2.05, 4.69) is 15.3 Å². The molecule has 0 bridgehead atoms. The topological polar surface area (TPSA) is 75.2 Å². The van der Waals surface area contributed by atoms with Crippen molar-refractivity contribution in [3.05, 3.63) is 35.1 Å². The van der Waals surface area contributed by atoms with Gasteiger partial charge in [-0.1, -0.05) is 32.1 Å². The molecule has 0 radical (unpaired) electrons. The molecule has 7 heteroatoms. The standard InChI is InChI=1S/C24H32N4O2S/c1-17-21(31-23(26-17)18-9-7-13-25-15-18)24(30)28-14-8-10-19(16-28)22(29)27-20-11-5-3-2-4-6-12-20/h7,9,13,15,19-20H,2-6,8,10-12,14,16H2,1H3,(H,27,29). The SMILES string of the molecule is Cc1nc(-c2cccnc2)sc1C(=O)N1CCCC(C(=O)NC2CCCCCCC2)C1. The van der Waals surface area contributed by atoms with Gasteiger partial charge in [0.2, 0.25) is 5.91 Å². The molecule has 1 aliphatic heterocycles. The van der Waals surface area contributed by atoms with Gasteiger partial charge in [-0.15, -0.1) is 11.3 Å². The van der Waals surface area contributed by atoms with E-state index in [0.29, 0.717) is 24.0 Å². The Balaban J connectivity index is 1.39. The van der Waals surface area contributed by atoms with Gasteiger partial charge in [-0.05, 0) is 44.7 Å². The Labute approximate surface area is 188 Å². The van der Waals surface area contributed by atoms with Gasteiger partial charge in [0.15, 0.2) is 0 Å². The Kier molecular flexibility index (Phi) is 7.33. The smallest absolute Gasteiger partial charge is 0.265 e. The summed E-state index contributed by atoms with van der Waals surface area (Å²) in [6.45, 7) is 3.08. The summed E-state index contributed by atoms with van der Waals surface area (Å²) in [5, 5.41) is 4.11. The molecule has 1 saturated heterocycles. The lowest BCUT2D eigenvalue weighted by Gasteiger charge is -2.33. The quantitative estimate of drug-likeness (QED) is 0.754. The number of likely N-dealkylation sites (tertiary alicyclic amines) is 1. The van der Waals surface area contributed by atoms with Crippen molar-refractivity contribution < 1.29 is 9.59 Å². The van der Waals surface area contributed by atoms with Crippen LogP contribution >= 0.6 is 11.3 Å². The van der Waals surface area contributed by atoms with Crippen molar-refractivity contribution >= 4 is 23.2 Å². The lowest BCUT2D eigenvalue weighted by molar-refractivity contribution is -0.127. The molecule has 1 aliphatic carbocycles. The first kappa shape index (κ1) is 21.9. The molecule has 1 N–H and O–H groups in total.